The lowest BCUT2D eigenvalue weighted by atomic mass is 9.97. The number of benzene rings is 1. The number of nitrogens with two attached hydrogens (primary N) is 1. The van der Waals surface area contributed by atoms with Gasteiger partial charge in [0.15, 0.2) is 0 Å². The summed E-state index contributed by atoms with van der Waals surface area (Å²) in [6.07, 6.45) is 3.49. The predicted octanol–water partition coefficient (Wildman–Crippen LogP) is 2.86. The van der Waals surface area contributed by atoms with Crippen LogP contribution in [0.5, 0.6) is 0 Å². The average Bonchev–Trinajstić information content (AvgIpc) is 2.79. The van der Waals surface area contributed by atoms with Crippen LogP contribution in [0.4, 0.5) is 8.78 Å². The number of ether oxygens (including phenoxy) is 1. The van der Waals surface area contributed by atoms with Crippen molar-refractivity contribution in [2.45, 2.75) is 25.9 Å². The van der Waals surface area contributed by atoms with Crippen molar-refractivity contribution in [1.29, 1.82) is 0 Å². The molecule has 0 radical (unpaired) electrons. The van der Waals surface area contributed by atoms with Gasteiger partial charge >= 0.3 is 0 Å². The topological polar surface area (TPSA) is 35.2 Å². The first-order valence-electron chi connectivity index (χ1n) is 6.42. The van der Waals surface area contributed by atoms with E-state index in [1.165, 1.54) is 18.6 Å². The molecule has 18 heavy (non-hydrogen) atoms. The Morgan fingerprint density at radius 3 is 2.72 bits per heavy atom. The molecule has 2 atom stereocenters. The quantitative estimate of drug-likeness (QED) is 0.878. The van der Waals surface area contributed by atoms with E-state index in [1.54, 1.807) is 0 Å². The molecule has 2 nitrogen and oxygen atoms in total. The summed E-state index contributed by atoms with van der Waals surface area (Å²) in [7, 11) is 0. The Kier molecular flexibility index (Phi) is 4.66. The van der Waals surface area contributed by atoms with Gasteiger partial charge in [0, 0.05) is 11.6 Å². The third-order valence-corrected chi connectivity index (χ3v) is 3.72. The summed E-state index contributed by atoms with van der Waals surface area (Å²) in [6.45, 7) is 1.50. The molecule has 4 heteroatoms. The van der Waals surface area contributed by atoms with Crippen LogP contribution in [0.3, 0.4) is 0 Å². The molecule has 0 aromatic heterocycles. The summed E-state index contributed by atoms with van der Waals surface area (Å²) in [5.74, 6) is -0.0893. The summed E-state index contributed by atoms with van der Waals surface area (Å²) >= 11 is 0. The third kappa shape index (κ3) is 3.27. The second-order valence-corrected chi connectivity index (χ2v) is 4.94. The summed E-state index contributed by atoms with van der Waals surface area (Å²) in [5.41, 5.74) is 6.09. The van der Waals surface area contributed by atoms with Gasteiger partial charge in [-0.25, -0.2) is 8.78 Å². The van der Waals surface area contributed by atoms with Crippen LogP contribution in [-0.2, 0) is 11.3 Å². The molecule has 1 aliphatic rings. The van der Waals surface area contributed by atoms with Gasteiger partial charge < -0.3 is 10.5 Å². The Labute approximate surface area is 106 Å². The van der Waals surface area contributed by atoms with Gasteiger partial charge in [0.2, 0.25) is 0 Å². The fourth-order valence-electron chi connectivity index (χ4n) is 2.60. The highest BCUT2D eigenvalue weighted by Gasteiger charge is 2.25. The summed E-state index contributed by atoms with van der Waals surface area (Å²) in [6, 6.07) is 3.57. The fourth-order valence-corrected chi connectivity index (χ4v) is 2.60. The summed E-state index contributed by atoms with van der Waals surface area (Å²) in [5, 5.41) is 0. The molecule has 0 saturated heterocycles. The van der Waals surface area contributed by atoms with Crippen molar-refractivity contribution in [3.63, 3.8) is 0 Å². The number of rotatable bonds is 5. The van der Waals surface area contributed by atoms with Gasteiger partial charge in [-0.15, -0.1) is 0 Å². The second kappa shape index (κ2) is 6.25. The van der Waals surface area contributed by atoms with Crippen molar-refractivity contribution in [1.82, 2.24) is 0 Å². The van der Waals surface area contributed by atoms with E-state index >= 15 is 0 Å². The average molecular weight is 255 g/mol. The summed E-state index contributed by atoms with van der Waals surface area (Å²) < 4.78 is 31.6. The number of hydrogen-bond acceptors (Lipinski definition) is 2. The Bertz CT molecular complexity index is 397. The number of hydrogen-bond donors (Lipinski definition) is 1. The molecule has 100 valence electrons. The summed E-state index contributed by atoms with van der Waals surface area (Å²) in [4.78, 5) is 0. The Hall–Kier alpha value is -1.00. The van der Waals surface area contributed by atoms with Crippen molar-refractivity contribution in [3.05, 3.63) is 35.4 Å². The molecule has 0 spiro atoms. The van der Waals surface area contributed by atoms with Crippen molar-refractivity contribution in [2.75, 3.05) is 13.2 Å². The zero-order chi connectivity index (χ0) is 13.0. The zero-order valence-electron chi connectivity index (χ0n) is 10.4. The molecule has 1 aromatic carbocycles. The first-order valence-corrected chi connectivity index (χ1v) is 6.42. The Balaban J connectivity index is 1.81. The van der Waals surface area contributed by atoms with Crippen LogP contribution >= 0.6 is 0 Å². The van der Waals surface area contributed by atoms with Crippen LogP contribution in [0.15, 0.2) is 18.2 Å². The van der Waals surface area contributed by atoms with Gasteiger partial charge in [-0.2, -0.15) is 0 Å². The van der Waals surface area contributed by atoms with E-state index in [4.69, 9.17) is 10.5 Å². The van der Waals surface area contributed by atoms with E-state index < -0.39 is 11.6 Å². The van der Waals surface area contributed by atoms with Crippen LogP contribution in [0, 0.1) is 23.5 Å². The molecule has 2 rings (SSSR count). The van der Waals surface area contributed by atoms with E-state index in [0.717, 1.165) is 18.9 Å². The van der Waals surface area contributed by atoms with E-state index in [2.05, 4.69) is 0 Å². The largest absolute Gasteiger partial charge is 0.376 e. The minimum absolute atomic E-state index is 0.194. The van der Waals surface area contributed by atoms with Crippen LogP contribution in [0.1, 0.15) is 24.8 Å². The minimum Gasteiger partial charge on any atom is -0.376 e. The molecule has 1 aliphatic carbocycles. The monoisotopic (exact) mass is 255 g/mol. The maximum absolute atomic E-state index is 13.4. The molecule has 0 heterocycles. The lowest BCUT2D eigenvalue weighted by Gasteiger charge is -2.17. The lowest BCUT2D eigenvalue weighted by Crippen LogP contribution is -2.22. The first kappa shape index (κ1) is 13.4. The molecular formula is C14H19F2NO. The number of halogens is 2. The highest BCUT2D eigenvalue weighted by Crippen LogP contribution is 2.31. The maximum atomic E-state index is 13.4. The smallest absolute Gasteiger partial charge is 0.131 e. The van der Waals surface area contributed by atoms with Crippen LogP contribution in [0.2, 0.25) is 0 Å². The van der Waals surface area contributed by atoms with Gasteiger partial charge in [-0.3, -0.25) is 0 Å². The third-order valence-electron chi connectivity index (χ3n) is 3.72. The minimum atomic E-state index is -0.560. The lowest BCUT2D eigenvalue weighted by molar-refractivity contribution is 0.0736. The van der Waals surface area contributed by atoms with Gasteiger partial charge in [0.1, 0.15) is 11.6 Å². The van der Waals surface area contributed by atoms with Crippen molar-refractivity contribution in [3.8, 4) is 0 Å². The first-order chi connectivity index (χ1) is 8.70. The van der Waals surface area contributed by atoms with Gasteiger partial charge in [0.25, 0.3) is 0 Å². The predicted molar refractivity (Wildman–Crippen MR) is 65.9 cm³/mol. The Morgan fingerprint density at radius 1 is 1.22 bits per heavy atom. The van der Waals surface area contributed by atoms with Crippen LogP contribution < -0.4 is 5.73 Å². The van der Waals surface area contributed by atoms with Crippen molar-refractivity contribution < 1.29 is 13.5 Å². The molecule has 0 amide bonds. The van der Waals surface area contributed by atoms with E-state index in [9.17, 15) is 8.78 Å². The molecule has 0 bridgehead atoms. The van der Waals surface area contributed by atoms with Crippen LogP contribution in [-0.4, -0.2) is 13.2 Å². The van der Waals surface area contributed by atoms with Gasteiger partial charge in [0.05, 0.1) is 13.2 Å². The molecule has 1 saturated carbocycles. The van der Waals surface area contributed by atoms with E-state index in [0.29, 0.717) is 30.6 Å². The molecule has 1 fully saturated rings. The van der Waals surface area contributed by atoms with Crippen molar-refractivity contribution in [2.24, 2.45) is 17.6 Å². The molecular weight excluding hydrogens is 236 g/mol. The van der Waals surface area contributed by atoms with Gasteiger partial charge in [-0.05, 0) is 37.3 Å². The highest BCUT2D eigenvalue weighted by molar-refractivity contribution is 5.17. The molecule has 2 unspecified atom stereocenters. The van der Waals surface area contributed by atoms with Crippen molar-refractivity contribution >= 4 is 0 Å². The standard InChI is InChI=1S/C14H19F2NO/c15-13-5-4-12(14(16)6-13)9-18-8-11-3-1-2-10(11)7-17/h4-6,10-11H,1-3,7-9,17H2. The highest BCUT2D eigenvalue weighted by atomic mass is 19.1. The van der Waals surface area contributed by atoms with E-state index in [-0.39, 0.29) is 6.61 Å². The second-order valence-electron chi connectivity index (χ2n) is 4.94. The van der Waals surface area contributed by atoms with Crippen LogP contribution in [0.25, 0.3) is 0 Å². The van der Waals surface area contributed by atoms with E-state index in [1.807, 2.05) is 0 Å². The molecule has 2 N–H and O–H groups in total. The Morgan fingerprint density at radius 2 is 2.00 bits per heavy atom. The van der Waals surface area contributed by atoms with Gasteiger partial charge in [-0.1, -0.05) is 12.5 Å². The zero-order valence-corrected chi connectivity index (χ0v) is 10.4. The maximum Gasteiger partial charge on any atom is 0.131 e. The fraction of sp³-hybridized carbons (Fsp3) is 0.571. The normalized spacial score (nSPS) is 23.5. The molecule has 0 aliphatic heterocycles. The SMILES string of the molecule is NCC1CCCC1COCc1ccc(F)cc1F. The molecule has 1 aromatic rings.